The zero-order chi connectivity index (χ0) is 19.3. The van der Waals surface area contributed by atoms with E-state index in [1.165, 1.54) is 18.2 Å². The Kier molecular flexibility index (Phi) is 6.15. The lowest BCUT2D eigenvalue weighted by atomic mass is 10.2. The maximum absolute atomic E-state index is 11.8. The summed E-state index contributed by atoms with van der Waals surface area (Å²) >= 11 is 11.6. The number of carbonyl (C=O) groups excluding carboxylic acids is 1. The van der Waals surface area contributed by atoms with E-state index in [1.807, 2.05) is 0 Å². The van der Waals surface area contributed by atoms with E-state index in [4.69, 9.17) is 27.9 Å². The number of hydrogen-bond acceptors (Lipinski definition) is 7. The molecule has 0 aromatic heterocycles. The first-order valence-electron chi connectivity index (χ1n) is 6.83. The number of nitro benzene ring substituents is 2. The highest BCUT2D eigenvalue weighted by atomic mass is 35.5. The third-order valence-corrected chi connectivity index (χ3v) is 3.51. The van der Waals surface area contributed by atoms with Gasteiger partial charge in [-0.25, -0.2) is 0 Å². The van der Waals surface area contributed by atoms with Crippen molar-refractivity contribution in [3.05, 3.63) is 66.7 Å². The Morgan fingerprint density at radius 1 is 1.08 bits per heavy atom. The van der Waals surface area contributed by atoms with Gasteiger partial charge in [-0.15, -0.1) is 0 Å². The minimum atomic E-state index is -0.814. The summed E-state index contributed by atoms with van der Waals surface area (Å²) in [6, 6.07) is 7.39. The Balaban J connectivity index is 1.98. The van der Waals surface area contributed by atoms with Crippen LogP contribution in [0.2, 0.25) is 10.0 Å². The van der Waals surface area contributed by atoms with E-state index in [2.05, 4.69) is 10.9 Å². The zero-order valence-electron chi connectivity index (χ0n) is 12.8. The Bertz CT molecular complexity index is 877. The molecule has 0 unspecified atom stereocenters. The minimum absolute atomic E-state index is 0.126. The molecule has 10 nitrogen and oxygen atoms in total. The van der Waals surface area contributed by atoms with Gasteiger partial charge in [-0.05, 0) is 24.3 Å². The van der Waals surface area contributed by atoms with Crippen LogP contribution in [-0.2, 0) is 4.79 Å². The SMILES string of the molecule is O=C(COc1ccc(Cl)cc1Cl)NNc1ccc([N+](=O)[O-])cc1[N+](=O)[O-]. The summed E-state index contributed by atoms with van der Waals surface area (Å²) in [7, 11) is 0. The monoisotopic (exact) mass is 400 g/mol. The number of nitrogens with one attached hydrogen (secondary N) is 2. The van der Waals surface area contributed by atoms with Crippen molar-refractivity contribution in [3.63, 3.8) is 0 Å². The number of carbonyl (C=O) groups is 1. The van der Waals surface area contributed by atoms with Crippen LogP contribution in [0.4, 0.5) is 17.1 Å². The number of amides is 1. The molecule has 0 aliphatic rings. The number of benzene rings is 2. The van der Waals surface area contributed by atoms with Crippen molar-refractivity contribution in [2.24, 2.45) is 0 Å². The molecule has 2 aromatic carbocycles. The summed E-state index contributed by atoms with van der Waals surface area (Å²) in [6.07, 6.45) is 0. The second-order valence-corrected chi connectivity index (χ2v) is 5.60. The fraction of sp³-hybridized carbons (Fsp3) is 0.0714. The third kappa shape index (κ3) is 4.94. The van der Waals surface area contributed by atoms with Crippen LogP contribution < -0.4 is 15.6 Å². The predicted octanol–water partition coefficient (Wildman–Crippen LogP) is 3.33. The van der Waals surface area contributed by atoms with Crippen molar-refractivity contribution in [1.82, 2.24) is 5.43 Å². The minimum Gasteiger partial charge on any atom is -0.482 e. The number of anilines is 1. The Morgan fingerprint density at radius 3 is 2.42 bits per heavy atom. The van der Waals surface area contributed by atoms with Crippen molar-refractivity contribution < 1.29 is 19.4 Å². The summed E-state index contributed by atoms with van der Waals surface area (Å²) in [5.41, 5.74) is 3.36. The van der Waals surface area contributed by atoms with Gasteiger partial charge >= 0.3 is 5.69 Å². The summed E-state index contributed by atoms with van der Waals surface area (Å²) in [5.74, 6) is -0.434. The zero-order valence-corrected chi connectivity index (χ0v) is 14.3. The van der Waals surface area contributed by atoms with E-state index >= 15 is 0 Å². The van der Waals surface area contributed by atoms with Crippen molar-refractivity contribution in [2.75, 3.05) is 12.0 Å². The van der Waals surface area contributed by atoms with Gasteiger partial charge in [0.15, 0.2) is 6.61 Å². The molecule has 136 valence electrons. The molecule has 0 saturated heterocycles. The van der Waals surface area contributed by atoms with E-state index in [9.17, 15) is 25.0 Å². The molecule has 2 N–H and O–H groups in total. The van der Waals surface area contributed by atoms with Crippen LogP contribution in [0.15, 0.2) is 36.4 Å². The van der Waals surface area contributed by atoms with Crippen molar-refractivity contribution in [1.29, 1.82) is 0 Å². The molecule has 0 aliphatic carbocycles. The molecule has 0 fully saturated rings. The predicted molar refractivity (Wildman–Crippen MR) is 93.5 cm³/mol. The molecule has 0 atom stereocenters. The number of halogens is 2. The summed E-state index contributed by atoms with van der Waals surface area (Å²) < 4.78 is 5.20. The van der Waals surface area contributed by atoms with Gasteiger partial charge in [0, 0.05) is 11.1 Å². The number of hydrazine groups is 1. The first-order chi connectivity index (χ1) is 12.3. The molecule has 0 spiro atoms. The topological polar surface area (TPSA) is 137 Å². The van der Waals surface area contributed by atoms with E-state index < -0.39 is 33.7 Å². The van der Waals surface area contributed by atoms with Gasteiger partial charge in [0.2, 0.25) is 0 Å². The Hall–Kier alpha value is -3.11. The highest BCUT2D eigenvalue weighted by Gasteiger charge is 2.19. The smallest absolute Gasteiger partial charge is 0.300 e. The van der Waals surface area contributed by atoms with Gasteiger partial charge in [0.05, 0.1) is 20.9 Å². The van der Waals surface area contributed by atoms with E-state index in [0.717, 1.165) is 18.2 Å². The van der Waals surface area contributed by atoms with Crippen LogP contribution in [0.3, 0.4) is 0 Å². The van der Waals surface area contributed by atoms with Gasteiger partial charge in [-0.3, -0.25) is 35.9 Å². The largest absolute Gasteiger partial charge is 0.482 e. The molecule has 0 aliphatic heterocycles. The lowest BCUT2D eigenvalue weighted by Crippen LogP contribution is -2.33. The van der Waals surface area contributed by atoms with E-state index in [0.29, 0.717) is 5.02 Å². The van der Waals surface area contributed by atoms with Gasteiger partial charge in [0.1, 0.15) is 11.4 Å². The van der Waals surface area contributed by atoms with Crippen molar-refractivity contribution >= 4 is 46.2 Å². The second kappa shape index (κ2) is 8.32. The van der Waals surface area contributed by atoms with Crippen LogP contribution in [0.25, 0.3) is 0 Å². The summed E-state index contributed by atoms with van der Waals surface area (Å²) in [4.78, 5) is 31.9. The van der Waals surface area contributed by atoms with Crippen LogP contribution in [-0.4, -0.2) is 22.4 Å². The first kappa shape index (κ1) is 19.2. The maximum Gasteiger partial charge on any atom is 0.300 e. The van der Waals surface area contributed by atoms with E-state index in [-0.39, 0.29) is 16.5 Å². The van der Waals surface area contributed by atoms with Crippen molar-refractivity contribution in [2.45, 2.75) is 0 Å². The molecule has 12 heteroatoms. The average Bonchev–Trinajstić information content (AvgIpc) is 2.58. The number of rotatable bonds is 7. The fourth-order valence-electron chi connectivity index (χ4n) is 1.80. The highest BCUT2D eigenvalue weighted by Crippen LogP contribution is 2.29. The van der Waals surface area contributed by atoms with Gasteiger partial charge < -0.3 is 4.74 Å². The Morgan fingerprint density at radius 2 is 1.81 bits per heavy atom. The number of nitro groups is 2. The molecule has 2 rings (SSSR count). The molecule has 2 aromatic rings. The van der Waals surface area contributed by atoms with Crippen LogP contribution in [0.1, 0.15) is 0 Å². The molecule has 0 bridgehead atoms. The van der Waals surface area contributed by atoms with Crippen LogP contribution in [0, 0.1) is 20.2 Å². The maximum atomic E-state index is 11.8. The molecular formula is C14H10Cl2N4O6. The average molecular weight is 401 g/mol. The molecule has 1 amide bonds. The van der Waals surface area contributed by atoms with Crippen LogP contribution in [0.5, 0.6) is 5.75 Å². The third-order valence-electron chi connectivity index (χ3n) is 2.98. The number of hydrogen-bond donors (Lipinski definition) is 2. The number of ether oxygens (including phenoxy) is 1. The number of non-ortho nitro benzene ring substituents is 1. The molecule has 26 heavy (non-hydrogen) atoms. The number of nitrogens with zero attached hydrogens (tertiary/aromatic N) is 2. The summed E-state index contributed by atoms with van der Waals surface area (Å²) in [6.45, 7) is -0.435. The molecule has 0 heterocycles. The highest BCUT2D eigenvalue weighted by molar-refractivity contribution is 6.35. The van der Waals surface area contributed by atoms with Gasteiger partial charge in [0.25, 0.3) is 11.6 Å². The standard InChI is InChI=1S/C14H10Cl2N4O6/c15-8-1-4-13(10(16)5-8)26-7-14(21)18-17-11-3-2-9(19(22)23)6-12(11)20(24)25/h1-6,17H,7H2,(H,18,21). The first-order valence-corrected chi connectivity index (χ1v) is 7.59. The summed E-state index contributed by atoms with van der Waals surface area (Å²) in [5, 5.41) is 22.3. The van der Waals surface area contributed by atoms with Crippen LogP contribution >= 0.6 is 23.2 Å². The lowest BCUT2D eigenvalue weighted by Gasteiger charge is -2.10. The second-order valence-electron chi connectivity index (χ2n) is 4.75. The van der Waals surface area contributed by atoms with Gasteiger partial charge in [-0.2, -0.15) is 0 Å². The Labute approximate surface area is 155 Å². The van der Waals surface area contributed by atoms with E-state index in [1.54, 1.807) is 0 Å². The molecule has 0 saturated carbocycles. The quantitative estimate of drug-likeness (QED) is 0.536. The molecule has 0 radical (unpaired) electrons. The van der Waals surface area contributed by atoms with Crippen molar-refractivity contribution in [3.8, 4) is 5.75 Å². The fourth-order valence-corrected chi connectivity index (χ4v) is 2.26. The molecular weight excluding hydrogens is 391 g/mol. The van der Waals surface area contributed by atoms with Gasteiger partial charge in [-0.1, -0.05) is 23.2 Å². The normalized spacial score (nSPS) is 10.1. The lowest BCUT2D eigenvalue weighted by molar-refractivity contribution is -0.393.